The van der Waals surface area contributed by atoms with Gasteiger partial charge < -0.3 is 0 Å². The number of hydrogen-bond acceptors (Lipinski definition) is 0. The molecule has 0 saturated heterocycles. The Labute approximate surface area is 94.4 Å². The highest BCUT2D eigenvalue weighted by Gasteiger charge is 2.48. The van der Waals surface area contributed by atoms with E-state index in [1.54, 1.807) is 0 Å². The van der Waals surface area contributed by atoms with Crippen LogP contribution in [0.15, 0.2) is 0 Å². The van der Waals surface area contributed by atoms with E-state index >= 15 is 0 Å². The van der Waals surface area contributed by atoms with Crippen molar-refractivity contribution < 1.29 is 8.78 Å². The molecule has 0 amide bonds. The van der Waals surface area contributed by atoms with Crippen LogP contribution in [0.3, 0.4) is 0 Å². The van der Waals surface area contributed by atoms with Crippen LogP contribution in [0.2, 0.25) is 5.31 Å². The maximum absolute atomic E-state index is 13.1. The molecular weight excluding hydrogens is 249 g/mol. The van der Waals surface area contributed by atoms with Crippen molar-refractivity contribution in [2.45, 2.75) is 55.6 Å². The Kier molecular flexibility index (Phi) is 4.01. The third-order valence-corrected chi connectivity index (χ3v) is 4.05. The van der Waals surface area contributed by atoms with Gasteiger partial charge in [-0.25, -0.2) is 0 Å². The molecule has 1 rings (SSSR count). The predicted molar refractivity (Wildman–Crippen MR) is 59.2 cm³/mol. The monoisotopic (exact) mass is 264 g/mol. The summed E-state index contributed by atoms with van der Waals surface area (Å²) in [4.78, 5) is -2.92. The van der Waals surface area contributed by atoms with Crippen LogP contribution in [-0.2, 0) is 0 Å². The van der Waals surface area contributed by atoms with Gasteiger partial charge in [0.15, 0.2) is 0 Å². The highest BCUT2D eigenvalue weighted by molar-refractivity contribution is 9.10. The summed E-state index contributed by atoms with van der Waals surface area (Å²) in [5.74, 6) is 0.603. The average molecular weight is 265 g/mol. The lowest BCUT2D eigenvalue weighted by Gasteiger charge is -2.40. The third-order valence-electron chi connectivity index (χ3n) is 3.26. The fraction of sp³-hybridized carbons (Fsp3) is 1.00. The standard InChI is InChI=1S/C10H16BBrF2/c1-2-3-8-4-6-9(11,7-5-8)10(12,13)14/h8H,2-7H2,1H3. The molecular formula is C10H16BBrF2. The van der Waals surface area contributed by atoms with Crippen LogP contribution >= 0.6 is 15.9 Å². The molecule has 1 aliphatic carbocycles. The first-order chi connectivity index (χ1) is 6.39. The lowest BCUT2D eigenvalue weighted by molar-refractivity contribution is 0.0305. The van der Waals surface area contributed by atoms with Crippen molar-refractivity contribution in [2.24, 2.45) is 5.92 Å². The average Bonchev–Trinajstić information content (AvgIpc) is 2.08. The molecule has 0 aliphatic heterocycles. The van der Waals surface area contributed by atoms with E-state index in [1.807, 2.05) is 0 Å². The first-order valence-electron chi connectivity index (χ1n) is 5.24. The maximum atomic E-state index is 13.1. The molecule has 80 valence electrons. The Hall–Kier alpha value is 0.405. The van der Waals surface area contributed by atoms with E-state index in [0.717, 1.165) is 25.7 Å². The van der Waals surface area contributed by atoms with Gasteiger partial charge in [0.05, 0.1) is 7.85 Å². The van der Waals surface area contributed by atoms with Crippen molar-refractivity contribution in [2.75, 3.05) is 0 Å². The summed E-state index contributed by atoms with van der Waals surface area (Å²) in [6.45, 7) is 2.13. The van der Waals surface area contributed by atoms with Gasteiger partial charge in [0.2, 0.25) is 0 Å². The van der Waals surface area contributed by atoms with Crippen LogP contribution < -0.4 is 0 Å². The number of hydrogen-bond donors (Lipinski definition) is 0. The smallest absolute Gasteiger partial charge is 0.194 e. The second kappa shape index (κ2) is 4.50. The molecule has 0 heterocycles. The molecule has 2 radical (unpaired) electrons. The molecule has 1 saturated carbocycles. The molecule has 0 atom stereocenters. The fourth-order valence-electron chi connectivity index (χ4n) is 2.17. The Morgan fingerprint density at radius 3 is 2.29 bits per heavy atom. The van der Waals surface area contributed by atoms with Crippen molar-refractivity contribution in [3.63, 3.8) is 0 Å². The molecule has 1 aliphatic rings. The number of halogens is 3. The summed E-state index contributed by atoms with van der Waals surface area (Å²) < 4.78 is 26.2. The lowest BCUT2D eigenvalue weighted by atomic mass is 9.58. The first-order valence-corrected chi connectivity index (χ1v) is 6.04. The van der Waals surface area contributed by atoms with Crippen LogP contribution in [0.4, 0.5) is 8.78 Å². The SMILES string of the molecule is [B]C1(C(F)(F)Br)CCC(CCC)CC1. The first kappa shape index (κ1) is 12.5. The van der Waals surface area contributed by atoms with E-state index in [9.17, 15) is 8.78 Å². The van der Waals surface area contributed by atoms with Crippen molar-refractivity contribution >= 4 is 23.8 Å². The van der Waals surface area contributed by atoms with Gasteiger partial charge in [-0.15, -0.1) is 0 Å². The zero-order valence-corrected chi connectivity index (χ0v) is 10.1. The van der Waals surface area contributed by atoms with Crippen LogP contribution in [0.25, 0.3) is 0 Å². The highest BCUT2D eigenvalue weighted by Crippen LogP contribution is 2.56. The molecule has 0 spiro atoms. The van der Waals surface area contributed by atoms with Gasteiger partial charge in [-0.05, 0) is 34.7 Å². The van der Waals surface area contributed by atoms with E-state index in [0.29, 0.717) is 18.8 Å². The molecule has 0 aromatic carbocycles. The summed E-state index contributed by atoms with van der Waals surface area (Å²) in [5, 5.41) is -1.32. The van der Waals surface area contributed by atoms with Gasteiger partial charge in [0.25, 0.3) is 4.83 Å². The Morgan fingerprint density at radius 1 is 1.43 bits per heavy atom. The molecule has 0 N–H and O–H groups in total. The van der Waals surface area contributed by atoms with E-state index in [2.05, 4.69) is 22.9 Å². The summed E-state index contributed by atoms with van der Waals surface area (Å²) in [6.07, 6.45) is 4.81. The van der Waals surface area contributed by atoms with Crippen LogP contribution in [0.5, 0.6) is 0 Å². The summed E-state index contributed by atoms with van der Waals surface area (Å²) in [6, 6.07) is 0. The Morgan fingerprint density at radius 2 is 1.93 bits per heavy atom. The van der Waals surface area contributed by atoms with Crippen LogP contribution in [-0.4, -0.2) is 12.7 Å². The van der Waals surface area contributed by atoms with E-state index in [4.69, 9.17) is 7.85 Å². The van der Waals surface area contributed by atoms with Gasteiger partial charge in [-0.2, -0.15) is 8.78 Å². The summed E-state index contributed by atoms with van der Waals surface area (Å²) in [7, 11) is 5.70. The molecule has 0 unspecified atom stereocenters. The van der Waals surface area contributed by atoms with Gasteiger partial charge in [0, 0.05) is 5.31 Å². The second-order valence-corrected chi connectivity index (χ2v) is 5.38. The minimum atomic E-state index is -2.92. The molecule has 4 heteroatoms. The fourth-order valence-corrected chi connectivity index (χ4v) is 2.57. The predicted octanol–water partition coefficient (Wildman–Crippen LogP) is 4.29. The molecule has 0 aromatic rings. The summed E-state index contributed by atoms with van der Waals surface area (Å²) >= 11 is 2.40. The molecule has 14 heavy (non-hydrogen) atoms. The van der Waals surface area contributed by atoms with Gasteiger partial charge in [-0.1, -0.05) is 32.6 Å². The minimum absolute atomic E-state index is 0.427. The molecule has 1 fully saturated rings. The Bertz CT molecular complexity index is 183. The second-order valence-electron chi connectivity index (χ2n) is 4.39. The molecule has 0 nitrogen and oxygen atoms in total. The van der Waals surface area contributed by atoms with Gasteiger partial charge in [-0.3, -0.25) is 0 Å². The minimum Gasteiger partial charge on any atom is -0.194 e. The topological polar surface area (TPSA) is 0 Å². The third kappa shape index (κ3) is 2.71. The lowest BCUT2D eigenvalue weighted by Crippen LogP contribution is -2.34. The van der Waals surface area contributed by atoms with E-state index < -0.39 is 10.1 Å². The van der Waals surface area contributed by atoms with Crippen molar-refractivity contribution in [3.8, 4) is 0 Å². The van der Waals surface area contributed by atoms with Crippen molar-refractivity contribution in [1.29, 1.82) is 0 Å². The number of rotatable bonds is 3. The quantitative estimate of drug-likeness (QED) is 0.527. The van der Waals surface area contributed by atoms with E-state index in [1.165, 1.54) is 0 Å². The Balaban J connectivity index is 2.49. The van der Waals surface area contributed by atoms with Crippen molar-refractivity contribution in [3.05, 3.63) is 0 Å². The number of alkyl halides is 3. The van der Waals surface area contributed by atoms with Gasteiger partial charge in [0.1, 0.15) is 0 Å². The summed E-state index contributed by atoms with van der Waals surface area (Å²) in [5.41, 5.74) is 0. The molecule has 0 bridgehead atoms. The maximum Gasteiger partial charge on any atom is 0.299 e. The normalized spacial score (nSPS) is 34.4. The van der Waals surface area contributed by atoms with Crippen LogP contribution in [0.1, 0.15) is 45.4 Å². The van der Waals surface area contributed by atoms with E-state index in [-0.39, 0.29) is 0 Å². The molecule has 0 aromatic heterocycles. The van der Waals surface area contributed by atoms with Crippen molar-refractivity contribution in [1.82, 2.24) is 0 Å². The van der Waals surface area contributed by atoms with Crippen LogP contribution in [0, 0.1) is 5.92 Å². The zero-order chi connectivity index (χ0) is 10.8. The largest absolute Gasteiger partial charge is 0.299 e. The zero-order valence-electron chi connectivity index (χ0n) is 8.53. The highest BCUT2D eigenvalue weighted by atomic mass is 79.9. The van der Waals surface area contributed by atoms with Gasteiger partial charge >= 0.3 is 0 Å².